The van der Waals surface area contributed by atoms with Crippen LogP contribution in [-0.2, 0) is 24.8 Å². The number of halogens is 3. The Balaban J connectivity index is 0.00000353. The van der Waals surface area contributed by atoms with Crippen molar-refractivity contribution in [3.05, 3.63) is 136 Å². The lowest BCUT2D eigenvalue weighted by atomic mass is 10.0. The van der Waals surface area contributed by atoms with Crippen LogP contribution in [0, 0.1) is 0 Å². The van der Waals surface area contributed by atoms with Crippen molar-refractivity contribution in [2.45, 2.75) is 24.8 Å². The van der Waals surface area contributed by atoms with E-state index < -0.39 is 0 Å². The molecule has 0 aliphatic heterocycles. The molecule has 0 saturated carbocycles. The molecule has 0 aliphatic carbocycles. The van der Waals surface area contributed by atoms with Crippen molar-refractivity contribution >= 4 is 40.3 Å². The maximum absolute atomic E-state index is 13.0. The van der Waals surface area contributed by atoms with E-state index in [0.29, 0.717) is 36.0 Å². The summed E-state index contributed by atoms with van der Waals surface area (Å²) in [5.41, 5.74) is 15.5. The second kappa shape index (κ2) is 12.9. The number of imidazole rings is 1. The maximum Gasteiger partial charge on any atom is 0.311 e. The van der Waals surface area contributed by atoms with E-state index in [4.69, 9.17) is 28.9 Å². The average Bonchev–Trinajstić information content (AvgIpc) is 3.34. The van der Waals surface area contributed by atoms with E-state index in [0.717, 1.165) is 44.5 Å². The Bertz CT molecular complexity index is 1870. The lowest BCUT2D eigenvalue weighted by molar-refractivity contribution is -0.665. The van der Waals surface area contributed by atoms with Gasteiger partial charge in [0.1, 0.15) is 0 Å². The van der Waals surface area contributed by atoms with Crippen molar-refractivity contribution in [1.82, 2.24) is 14.5 Å². The molecule has 2 aromatic heterocycles. The van der Waals surface area contributed by atoms with Gasteiger partial charge in [-0.3, -0.25) is 14.3 Å². The molecule has 6 nitrogen and oxygen atoms in total. The fraction of sp³-hybridized carbons (Fsp3) is 0.121. The molecular formula is C33H28BrCl2N5O. The molecule has 0 spiro atoms. The summed E-state index contributed by atoms with van der Waals surface area (Å²) < 4.78 is 3.90. The van der Waals surface area contributed by atoms with Crippen LogP contribution in [0.3, 0.4) is 0 Å². The third kappa shape index (κ3) is 6.28. The molecule has 0 fully saturated rings. The van der Waals surface area contributed by atoms with Gasteiger partial charge in [-0.15, -0.1) is 23.2 Å². The number of nitrogens with one attached hydrogen (secondary N) is 1. The quantitative estimate of drug-likeness (QED) is 0.194. The molecule has 0 aliphatic rings. The number of benzene rings is 4. The van der Waals surface area contributed by atoms with Gasteiger partial charge in [0, 0.05) is 11.8 Å². The van der Waals surface area contributed by atoms with Gasteiger partial charge in [0.25, 0.3) is 11.5 Å². The molecule has 212 valence electrons. The van der Waals surface area contributed by atoms with Crippen LogP contribution < -0.4 is 32.8 Å². The van der Waals surface area contributed by atoms with Gasteiger partial charge in [-0.25, -0.2) is 4.57 Å². The number of aromatic amines is 1. The molecule has 2 heterocycles. The number of aromatic nitrogens is 4. The summed E-state index contributed by atoms with van der Waals surface area (Å²) in [4.78, 5) is 20.1. The topological polar surface area (TPSA) is 80.6 Å². The van der Waals surface area contributed by atoms with E-state index in [1.165, 1.54) is 0 Å². The molecule has 4 aromatic carbocycles. The highest BCUT2D eigenvalue weighted by Crippen LogP contribution is 2.23. The van der Waals surface area contributed by atoms with Crippen LogP contribution in [0.4, 0.5) is 5.95 Å². The van der Waals surface area contributed by atoms with Gasteiger partial charge in [-0.1, -0.05) is 102 Å². The second-order valence-electron chi connectivity index (χ2n) is 10.0. The van der Waals surface area contributed by atoms with E-state index in [1.807, 2.05) is 39.7 Å². The normalized spacial score (nSPS) is 11.0. The molecule has 0 bridgehead atoms. The monoisotopic (exact) mass is 659 g/mol. The lowest BCUT2D eigenvalue weighted by Crippen LogP contribution is -3.00. The number of anilines is 1. The molecule has 0 amide bonds. The SMILES string of the molecule is Nc1nc2c(c(=O)[nH]1)n(Cc1ccc(-c3ccc(CCl)cc3)cc1)c[n+]2Cc1ccc(-c2ccc(CCl)cc2)cc1.[Br-]. The largest absolute Gasteiger partial charge is 1.00 e. The third-order valence-electron chi connectivity index (χ3n) is 7.23. The summed E-state index contributed by atoms with van der Waals surface area (Å²) in [7, 11) is 0. The lowest BCUT2D eigenvalue weighted by Gasteiger charge is -2.05. The number of H-pyrrole nitrogens is 1. The number of nitrogens with zero attached hydrogens (tertiary/aromatic N) is 3. The molecule has 6 rings (SSSR count). The van der Waals surface area contributed by atoms with Crippen molar-refractivity contribution in [2.75, 3.05) is 5.73 Å². The molecule has 3 N–H and O–H groups in total. The molecule has 0 unspecified atom stereocenters. The Morgan fingerprint density at radius 3 is 1.57 bits per heavy atom. The Morgan fingerprint density at radius 1 is 0.690 bits per heavy atom. The minimum absolute atomic E-state index is 0. The fourth-order valence-corrected chi connectivity index (χ4v) is 5.37. The van der Waals surface area contributed by atoms with Gasteiger partial charge in [0.2, 0.25) is 5.52 Å². The van der Waals surface area contributed by atoms with Gasteiger partial charge in [0.05, 0.1) is 13.1 Å². The van der Waals surface area contributed by atoms with Gasteiger partial charge in [0.15, 0.2) is 6.33 Å². The number of nitrogen functional groups attached to an aromatic ring is 1. The Labute approximate surface area is 264 Å². The first-order valence-electron chi connectivity index (χ1n) is 13.3. The summed E-state index contributed by atoms with van der Waals surface area (Å²) in [6.45, 7) is 1.06. The highest BCUT2D eigenvalue weighted by Gasteiger charge is 2.22. The summed E-state index contributed by atoms with van der Waals surface area (Å²) in [5.74, 6) is 1.09. The van der Waals surface area contributed by atoms with Crippen molar-refractivity contribution in [3.8, 4) is 22.3 Å². The summed E-state index contributed by atoms with van der Waals surface area (Å²) in [5, 5.41) is 0. The van der Waals surface area contributed by atoms with Crippen LogP contribution in [0.15, 0.2) is 108 Å². The molecule has 0 radical (unpaired) electrons. The van der Waals surface area contributed by atoms with Crippen LogP contribution in [0.2, 0.25) is 0 Å². The van der Waals surface area contributed by atoms with Gasteiger partial charge >= 0.3 is 5.65 Å². The minimum Gasteiger partial charge on any atom is -1.00 e. The number of hydrogen-bond donors (Lipinski definition) is 2. The highest BCUT2D eigenvalue weighted by molar-refractivity contribution is 6.17. The van der Waals surface area contributed by atoms with Crippen molar-refractivity contribution in [1.29, 1.82) is 0 Å². The Hall–Kier alpha value is -3.91. The zero-order valence-electron chi connectivity index (χ0n) is 22.6. The summed E-state index contributed by atoms with van der Waals surface area (Å²) >= 11 is 11.9. The minimum atomic E-state index is -0.266. The number of hydrogen-bond acceptors (Lipinski definition) is 3. The van der Waals surface area contributed by atoms with E-state index >= 15 is 0 Å². The van der Waals surface area contributed by atoms with E-state index in [-0.39, 0.29) is 28.5 Å². The molecule has 0 saturated heterocycles. The zero-order chi connectivity index (χ0) is 28.3. The number of nitrogens with two attached hydrogens (primary N) is 1. The first-order chi connectivity index (χ1) is 20.0. The number of rotatable bonds is 8. The van der Waals surface area contributed by atoms with Crippen LogP contribution in [0.25, 0.3) is 33.4 Å². The molecule has 0 atom stereocenters. The maximum atomic E-state index is 13.0. The van der Waals surface area contributed by atoms with E-state index in [2.05, 4.69) is 82.8 Å². The van der Waals surface area contributed by atoms with Crippen LogP contribution >= 0.6 is 23.2 Å². The third-order valence-corrected chi connectivity index (χ3v) is 7.85. The van der Waals surface area contributed by atoms with Gasteiger partial charge in [-0.2, -0.15) is 0 Å². The number of alkyl halides is 2. The molecule has 42 heavy (non-hydrogen) atoms. The second-order valence-corrected chi connectivity index (χ2v) is 10.6. The van der Waals surface area contributed by atoms with Crippen molar-refractivity contribution in [2.24, 2.45) is 0 Å². The molecule has 9 heteroatoms. The fourth-order valence-electron chi connectivity index (χ4n) is 5.02. The molecular weight excluding hydrogens is 633 g/mol. The first kappa shape index (κ1) is 29.6. The molecule has 6 aromatic rings. The van der Waals surface area contributed by atoms with Crippen LogP contribution in [-0.4, -0.2) is 14.5 Å². The average molecular weight is 661 g/mol. The Kier molecular flexibility index (Phi) is 9.12. The van der Waals surface area contributed by atoms with Crippen LogP contribution in [0.5, 0.6) is 0 Å². The van der Waals surface area contributed by atoms with Crippen molar-refractivity contribution < 1.29 is 21.5 Å². The standard InChI is InChI=1S/C33H27Cl2N5O.BrH/c34-17-22-1-9-26(10-2-22)28-13-5-24(6-14-28)19-39-21-40(31-30(39)32(41)38-33(36)37-31)20-25-7-15-29(16-8-25)27-11-3-23(18-35)4-12-27;/h1-16,21H,17-20H2,(H2-,36,37,38,41);1H. The summed E-state index contributed by atoms with van der Waals surface area (Å²) in [6, 6.07) is 33.2. The zero-order valence-corrected chi connectivity index (χ0v) is 25.7. The number of fused-ring (bicyclic) bond motifs is 1. The van der Waals surface area contributed by atoms with Crippen molar-refractivity contribution in [3.63, 3.8) is 0 Å². The first-order valence-corrected chi connectivity index (χ1v) is 14.3. The van der Waals surface area contributed by atoms with E-state index in [9.17, 15) is 4.79 Å². The Morgan fingerprint density at radius 2 is 1.12 bits per heavy atom. The van der Waals surface area contributed by atoms with Gasteiger partial charge in [-0.05, 0) is 44.5 Å². The predicted octanol–water partition coefficient (Wildman–Crippen LogP) is 3.51. The van der Waals surface area contributed by atoms with E-state index in [1.54, 1.807) is 0 Å². The summed E-state index contributed by atoms with van der Waals surface area (Å²) in [6.07, 6.45) is 1.93. The predicted molar refractivity (Wildman–Crippen MR) is 166 cm³/mol. The van der Waals surface area contributed by atoms with Crippen LogP contribution in [0.1, 0.15) is 22.3 Å². The highest BCUT2D eigenvalue weighted by atomic mass is 79.9. The smallest absolute Gasteiger partial charge is 0.311 e. The van der Waals surface area contributed by atoms with Gasteiger partial charge < -0.3 is 22.7 Å².